The van der Waals surface area contributed by atoms with E-state index in [1.807, 2.05) is 24.4 Å². The predicted octanol–water partition coefficient (Wildman–Crippen LogP) is 2.04. The molecule has 0 unspecified atom stereocenters. The first kappa shape index (κ1) is 8.44. The molecule has 1 saturated carbocycles. The van der Waals surface area contributed by atoms with E-state index in [-0.39, 0.29) is 5.54 Å². The van der Waals surface area contributed by atoms with Gasteiger partial charge in [0.15, 0.2) is 0 Å². The van der Waals surface area contributed by atoms with Crippen molar-refractivity contribution in [2.45, 2.75) is 18.4 Å². The highest BCUT2D eigenvalue weighted by atomic mass is 79.9. The summed E-state index contributed by atoms with van der Waals surface area (Å²) in [6.45, 7) is 0. The van der Waals surface area contributed by atoms with Crippen molar-refractivity contribution in [2.24, 2.45) is 5.73 Å². The molecule has 0 saturated heterocycles. The molecule has 3 nitrogen and oxygen atoms in total. The zero-order valence-corrected chi connectivity index (χ0v) is 9.16. The zero-order valence-electron chi connectivity index (χ0n) is 7.57. The van der Waals surface area contributed by atoms with Crippen LogP contribution in [-0.2, 0) is 5.54 Å². The van der Waals surface area contributed by atoms with Gasteiger partial charge in [-0.3, -0.25) is 4.40 Å². The fourth-order valence-electron chi connectivity index (χ4n) is 1.74. The van der Waals surface area contributed by atoms with E-state index in [4.69, 9.17) is 5.73 Å². The van der Waals surface area contributed by atoms with Crippen LogP contribution in [0.25, 0.3) is 5.65 Å². The van der Waals surface area contributed by atoms with E-state index in [2.05, 4.69) is 25.3 Å². The highest BCUT2D eigenvalue weighted by Crippen LogP contribution is 2.43. The lowest BCUT2D eigenvalue weighted by molar-refractivity contribution is 0.695. The van der Waals surface area contributed by atoms with Gasteiger partial charge in [0, 0.05) is 0 Å². The molecular formula is C10H10BrN3. The molecule has 14 heavy (non-hydrogen) atoms. The Balaban J connectivity index is 2.35. The average molecular weight is 252 g/mol. The van der Waals surface area contributed by atoms with E-state index in [0.29, 0.717) is 0 Å². The van der Waals surface area contributed by atoms with Crippen LogP contribution in [0.5, 0.6) is 0 Å². The Morgan fingerprint density at radius 1 is 1.43 bits per heavy atom. The second kappa shape index (κ2) is 2.58. The molecular weight excluding hydrogens is 242 g/mol. The summed E-state index contributed by atoms with van der Waals surface area (Å²) in [6.07, 6.45) is 4.00. The Morgan fingerprint density at radius 2 is 2.21 bits per heavy atom. The minimum absolute atomic E-state index is 0.136. The maximum absolute atomic E-state index is 6.17. The van der Waals surface area contributed by atoms with Gasteiger partial charge >= 0.3 is 0 Å². The third-order valence-electron chi connectivity index (χ3n) is 2.78. The first-order valence-corrected chi connectivity index (χ1v) is 5.41. The van der Waals surface area contributed by atoms with Gasteiger partial charge in [0.2, 0.25) is 0 Å². The van der Waals surface area contributed by atoms with Crippen molar-refractivity contribution in [3.05, 3.63) is 34.7 Å². The van der Waals surface area contributed by atoms with Crippen LogP contribution in [-0.4, -0.2) is 9.38 Å². The van der Waals surface area contributed by atoms with Crippen molar-refractivity contribution in [1.82, 2.24) is 9.38 Å². The summed E-state index contributed by atoms with van der Waals surface area (Å²) in [6, 6.07) is 5.97. The fraction of sp³-hybridized carbons (Fsp3) is 0.300. The molecule has 0 radical (unpaired) electrons. The van der Waals surface area contributed by atoms with Crippen molar-refractivity contribution in [1.29, 1.82) is 0 Å². The Bertz CT molecular complexity index is 499. The van der Waals surface area contributed by atoms with Crippen LogP contribution in [0.15, 0.2) is 29.0 Å². The maximum atomic E-state index is 6.17. The number of nitrogens with zero attached hydrogens (tertiary/aromatic N) is 2. The Kier molecular flexibility index (Phi) is 1.56. The fourth-order valence-corrected chi connectivity index (χ4v) is 2.26. The quantitative estimate of drug-likeness (QED) is 0.789. The molecule has 0 aromatic carbocycles. The molecule has 1 aliphatic carbocycles. The monoisotopic (exact) mass is 251 g/mol. The highest BCUT2D eigenvalue weighted by Gasteiger charge is 2.42. The van der Waals surface area contributed by atoms with Crippen LogP contribution in [0.4, 0.5) is 0 Å². The van der Waals surface area contributed by atoms with E-state index in [1.165, 1.54) is 0 Å². The van der Waals surface area contributed by atoms with Crippen LogP contribution >= 0.6 is 15.9 Å². The smallest absolute Gasteiger partial charge is 0.137 e. The Hall–Kier alpha value is -0.870. The average Bonchev–Trinajstić information content (AvgIpc) is 2.77. The number of hydrogen-bond acceptors (Lipinski definition) is 2. The zero-order chi connectivity index (χ0) is 9.76. The van der Waals surface area contributed by atoms with Crippen molar-refractivity contribution in [3.8, 4) is 0 Å². The molecule has 0 aliphatic heterocycles. The number of halogens is 1. The summed E-state index contributed by atoms with van der Waals surface area (Å²) in [7, 11) is 0. The van der Waals surface area contributed by atoms with Gasteiger partial charge in [-0.25, -0.2) is 4.98 Å². The first-order valence-electron chi connectivity index (χ1n) is 4.62. The van der Waals surface area contributed by atoms with Crippen LogP contribution in [0.2, 0.25) is 0 Å². The van der Waals surface area contributed by atoms with Crippen LogP contribution in [0.3, 0.4) is 0 Å². The second-order valence-corrected chi connectivity index (χ2v) is 4.65. The lowest BCUT2D eigenvalue weighted by Crippen LogP contribution is -2.21. The molecule has 2 heterocycles. The molecule has 1 aliphatic rings. The molecule has 2 aromatic heterocycles. The standard InChI is InChI=1S/C10H10BrN3/c11-8-2-1-3-9-13-6-7(14(8)9)10(12)4-5-10/h1-3,6H,4-5,12H2. The largest absolute Gasteiger partial charge is 0.320 e. The Morgan fingerprint density at radius 3 is 2.93 bits per heavy atom. The van der Waals surface area contributed by atoms with Crippen molar-refractivity contribution in [2.75, 3.05) is 0 Å². The van der Waals surface area contributed by atoms with Gasteiger partial charge in [0.1, 0.15) is 5.65 Å². The number of hydrogen-bond donors (Lipinski definition) is 1. The molecule has 72 valence electrons. The number of nitrogens with two attached hydrogens (primary N) is 1. The molecule has 0 bridgehead atoms. The topological polar surface area (TPSA) is 43.3 Å². The minimum atomic E-state index is -0.136. The molecule has 3 rings (SSSR count). The number of rotatable bonds is 1. The highest BCUT2D eigenvalue weighted by molar-refractivity contribution is 9.10. The number of aromatic nitrogens is 2. The van der Waals surface area contributed by atoms with Gasteiger partial charge in [0.05, 0.1) is 22.0 Å². The van der Waals surface area contributed by atoms with Crippen molar-refractivity contribution in [3.63, 3.8) is 0 Å². The second-order valence-electron chi connectivity index (χ2n) is 3.84. The van der Waals surface area contributed by atoms with E-state index in [9.17, 15) is 0 Å². The lowest BCUT2D eigenvalue weighted by Gasteiger charge is -2.09. The summed E-state index contributed by atoms with van der Waals surface area (Å²) < 4.78 is 3.09. The molecule has 1 fully saturated rings. The summed E-state index contributed by atoms with van der Waals surface area (Å²) >= 11 is 3.51. The number of fused-ring (bicyclic) bond motifs is 1. The number of pyridine rings is 1. The summed E-state index contributed by atoms with van der Waals surface area (Å²) in [5, 5.41) is 0. The maximum Gasteiger partial charge on any atom is 0.137 e. The normalized spacial score (nSPS) is 18.7. The minimum Gasteiger partial charge on any atom is -0.320 e. The molecule has 2 N–H and O–H groups in total. The van der Waals surface area contributed by atoms with Crippen molar-refractivity contribution < 1.29 is 0 Å². The molecule has 0 amide bonds. The summed E-state index contributed by atoms with van der Waals surface area (Å²) in [5.74, 6) is 0. The number of imidazole rings is 1. The third kappa shape index (κ3) is 1.04. The summed E-state index contributed by atoms with van der Waals surface area (Å²) in [4.78, 5) is 4.34. The third-order valence-corrected chi connectivity index (χ3v) is 3.40. The molecule has 0 spiro atoms. The van der Waals surface area contributed by atoms with E-state index in [0.717, 1.165) is 28.8 Å². The Labute approximate surface area is 90.1 Å². The lowest BCUT2D eigenvalue weighted by atomic mass is 10.2. The molecule has 4 heteroatoms. The first-order chi connectivity index (χ1) is 6.71. The van der Waals surface area contributed by atoms with Gasteiger partial charge < -0.3 is 5.73 Å². The van der Waals surface area contributed by atoms with Gasteiger partial charge in [-0.05, 0) is 40.9 Å². The molecule has 2 aromatic rings. The van der Waals surface area contributed by atoms with E-state index < -0.39 is 0 Å². The van der Waals surface area contributed by atoms with Gasteiger partial charge in [-0.1, -0.05) is 6.07 Å². The molecule has 0 atom stereocenters. The van der Waals surface area contributed by atoms with E-state index in [1.54, 1.807) is 0 Å². The summed E-state index contributed by atoms with van der Waals surface area (Å²) in [5.41, 5.74) is 8.09. The van der Waals surface area contributed by atoms with Crippen molar-refractivity contribution >= 4 is 21.6 Å². The van der Waals surface area contributed by atoms with Crippen LogP contribution in [0, 0.1) is 0 Å². The SMILES string of the molecule is NC1(c2cnc3cccc(Br)n23)CC1. The van der Waals surface area contributed by atoms with Gasteiger partial charge in [-0.2, -0.15) is 0 Å². The van der Waals surface area contributed by atoms with Crippen LogP contribution < -0.4 is 5.73 Å². The van der Waals surface area contributed by atoms with Gasteiger partial charge in [-0.15, -0.1) is 0 Å². The van der Waals surface area contributed by atoms with Crippen LogP contribution in [0.1, 0.15) is 18.5 Å². The van der Waals surface area contributed by atoms with E-state index >= 15 is 0 Å². The predicted molar refractivity (Wildman–Crippen MR) is 58.0 cm³/mol. The van der Waals surface area contributed by atoms with Gasteiger partial charge in [0.25, 0.3) is 0 Å².